The van der Waals surface area contributed by atoms with Crippen LogP contribution in [0.3, 0.4) is 0 Å². The zero-order chi connectivity index (χ0) is 29.6. The number of rotatable bonds is 10. The Hall–Kier alpha value is -4.18. The Balaban J connectivity index is 1.66. The van der Waals surface area contributed by atoms with Crippen LogP contribution in [0.4, 0.5) is 13.2 Å². The Morgan fingerprint density at radius 3 is 2.17 bits per heavy atom. The van der Waals surface area contributed by atoms with E-state index in [2.05, 4.69) is 5.32 Å². The largest absolute Gasteiger partial charge is 0.481 e. The molecule has 0 unspecified atom stereocenters. The summed E-state index contributed by atoms with van der Waals surface area (Å²) in [4.78, 5) is 49.8. The lowest BCUT2D eigenvalue weighted by molar-refractivity contribution is -0.136. The molecule has 3 aromatic rings. The second-order valence-corrected chi connectivity index (χ2v) is 10.6. The normalized spacial score (nSPS) is 13.3. The van der Waals surface area contributed by atoms with E-state index in [4.69, 9.17) is 5.11 Å². The van der Waals surface area contributed by atoms with Crippen molar-refractivity contribution >= 4 is 40.8 Å². The molecular weight excluding hydrogens is 555 g/mol. The van der Waals surface area contributed by atoms with Crippen molar-refractivity contribution in [2.45, 2.75) is 42.5 Å². The Kier molecular flexibility index (Phi) is 9.44. The Bertz CT molecular complexity index is 1510. The van der Waals surface area contributed by atoms with Crippen molar-refractivity contribution < 1.29 is 37.5 Å². The number of thioether (sulfide) groups is 1. The van der Waals surface area contributed by atoms with Gasteiger partial charge in [0.25, 0.3) is 5.91 Å². The summed E-state index contributed by atoms with van der Waals surface area (Å²) in [6.07, 6.45) is 4.74. The average Bonchev–Trinajstić information content (AvgIpc) is 2.94. The molecule has 0 saturated carbocycles. The molecule has 0 atom stereocenters. The van der Waals surface area contributed by atoms with Gasteiger partial charge in [0.15, 0.2) is 11.6 Å². The number of ketones is 2. The number of aliphatic carboxylic acids is 1. The standard InChI is InChI=1S/C31H26F3NO5S/c32-31(33,34)41-25-7-3-6-24(17-25)27(36)18-26(23-13-8-19-4-1-2-5-22(19)16-23)29(39)20-9-11-21(12-10-20)30(40)35-15-14-28(37)38/h3,6-13,16-18H,1-2,4-5,14-15H2,(H,35,40)(H,37,38)/b26-18-. The number of carboxylic acids is 1. The van der Waals surface area contributed by atoms with Crippen molar-refractivity contribution in [2.24, 2.45) is 0 Å². The zero-order valence-electron chi connectivity index (χ0n) is 21.8. The fourth-order valence-electron chi connectivity index (χ4n) is 4.56. The molecule has 0 bridgehead atoms. The Labute approximate surface area is 238 Å². The number of hydrogen-bond acceptors (Lipinski definition) is 5. The molecule has 0 radical (unpaired) electrons. The highest BCUT2D eigenvalue weighted by atomic mass is 32.2. The minimum atomic E-state index is -4.51. The van der Waals surface area contributed by atoms with E-state index in [0.717, 1.165) is 43.4 Å². The number of aryl methyl sites for hydroxylation is 2. The van der Waals surface area contributed by atoms with Crippen LogP contribution in [0.5, 0.6) is 0 Å². The van der Waals surface area contributed by atoms with Crippen LogP contribution in [0.1, 0.15) is 67.0 Å². The number of benzene rings is 3. The average molecular weight is 582 g/mol. The molecule has 1 aliphatic carbocycles. The van der Waals surface area contributed by atoms with E-state index in [1.165, 1.54) is 48.0 Å². The summed E-state index contributed by atoms with van der Waals surface area (Å²) < 4.78 is 38.6. The molecule has 0 aromatic heterocycles. The van der Waals surface area contributed by atoms with Crippen molar-refractivity contribution in [2.75, 3.05) is 6.54 Å². The minimum Gasteiger partial charge on any atom is -0.481 e. The molecule has 0 heterocycles. The van der Waals surface area contributed by atoms with Gasteiger partial charge >= 0.3 is 11.5 Å². The van der Waals surface area contributed by atoms with Crippen molar-refractivity contribution in [3.63, 3.8) is 0 Å². The molecule has 1 amide bonds. The minimum absolute atomic E-state index is 0.0101. The summed E-state index contributed by atoms with van der Waals surface area (Å²) in [6.45, 7) is -0.0507. The van der Waals surface area contributed by atoms with Crippen LogP contribution in [0.25, 0.3) is 5.57 Å². The molecule has 0 fully saturated rings. The third-order valence-corrected chi connectivity index (χ3v) is 7.29. The second-order valence-electron chi connectivity index (χ2n) is 9.49. The number of carbonyl (C=O) groups excluding carboxylic acids is 3. The van der Waals surface area contributed by atoms with Crippen molar-refractivity contribution in [1.82, 2.24) is 5.32 Å². The Morgan fingerprint density at radius 1 is 0.829 bits per heavy atom. The number of halogens is 3. The summed E-state index contributed by atoms with van der Waals surface area (Å²) in [7, 11) is 0. The van der Waals surface area contributed by atoms with Crippen molar-refractivity contribution in [1.29, 1.82) is 0 Å². The van der Waals surface area contributed by atoms with Crippen molar-refractivity contribution in [3.05, 3.63) is 106 Å². The van der Waals surface area contributed by atoms with Gasteiger partial charge in [-0.25, -0.2) is 0 Å². The topological polar surface area (TPSA) is 101 Å². The lowest BCUT2D eigenvalue weighted by Gasteiger charge is -2.17. The molecule has 0 aliphatic heterocycles. The third-order valence-electron chi connectivity index (χ3n) is 6.57. The first-order valence-electron chi connectivity index (χ1n) is 12.9. The van der Waals surface area contributed by atoms with E-state index in [1.54, 1.807) is 6.07 Å². The van der Waals surface area contributed by atoms with E-state index < -0.39 is 29.0 Å². The number of nitrogens with one attached hydrogen (secondary N) is 1. The molecule has 1 aliphatic rings. The van der Waals surface area contributed by atoms with Gasteiger partial charge in [-0.3, -0.25) is 19.2 Å². The number of carboxylic acid groups (broad SMARTS) is 1. The first kappa shape index (κ1) is 29.8. The molecule has 3 aromatic carbocycles. The Morgan fingerprint density at radius 2 is 1.49 bits per heavy atom. The molecule has 10 heteroatoms. The maximum absolute atomic E-state index is 13.7. The second kappa shape index (κ2) is 13.0. The van der Waals surface area contributed by atoms with Crippen LogP contribution in [-0.4, -0.2) is 40.6 Å². The highest BCUT2D eigenvalue weighted by Gasteiger charge is 2.29. The fraction of sp³-hybridized carbons (Fsp3) is 0.226. The number of hydrogen-bond donors (Lipinski definition) is 2. The summed E-state index contributed by atoms with van der Waals surface area (Å²) in [5.41, 5.74) is -1.23. The van der Waals surface area contributed by atoms with Crippen LogP contribution in [0.15, 0.2) is 77.7 Å². The molecular formula is C31H26F3NO5S. The van der Waals surface area contributed by atoms with Gasteiger partial charge in [0, 0.05) is 33.7 Å². The van der Waals surface area contributed by atoms with Gasteiger partial charge in [-0.1, -0.05) is 42.5 Å². The molecule has 6 nitrogen and oxygen atoms in total. The summed E-state index contributed by atoms with van der Waals surface area (Å²) in [5.74, 6) is -2.66. The maximum atomic E-state index is 13.7. The van der Waals surface area contributed by atoms with Gasteiger partial charge in [-0.15, -0.1) is 0 Å². The van der Waals surface area contributed by atoms with Crippen LogP contribution >= 0.6 is 11.8 Å². The summed E-state index contributed by atoms with van der Waals surface area (Å²) in [6, 6.07) is 16.4. The van der Waals surface area contributed by atoms with Crippen LogP contribution in [0.2, 0.25) is 0 Å². The van der Waals surface area contributed by atoms with Crippen LogP contribution in [-0.2, 0) is 17.6 Å². The molecule has 0 spiro atoms. The van der Waals surface area contributed by atoms with Gasteiger partial charge < -0.3 is 10.4 Å². The lowest BCUT2D eigenvalue weighted by Crippen LogP contribution is -2.26. The van der Waals surface area contributed by atoms with Gasteiger partial charge in [0.1, 0.15) is 0 Å². The molecule has 4 rings (SSSR count). The number of fused-ring (bicyclic) bond motifs is 1. The third kappa shape index (κ3) is 8.17. The first-order chi connectivity index (χ1) is 19.5. The first-order valence-corrected chi connectivity index (χ1v) is 13.7. The van der Waals surface area contributed by atoms with E-state index in [-0.39, 0.29) is 51.9 Å². The van der Waals surface area contributed by atoms with Gasteiger partial charge in [-0.2, -0.15) is 13.2 Å². The molecule has 0 saturated heterocycles. The highest BCUT2D eigenvalue weighted by molar-refractivity contribution is 8.00. The number of Topliss-reactive ketones (excluding diaryl/α,β-unsaturated/α-hetero) is 1. The van der Waals surface area contributed by atoms with Crippen molar-refractivity contribution in [3.8, 4) is 0 Å². The number of carbonyl (C=O) groups is 4. The summed E-state index contributed by atoms with van der Waals surface area (Å²) >= 11 is -0.326. The van der Waals surface area contributed by atoms with Crippen LogP contribution in [0, 0.1) is 0 Å². The van der Waals surface area contributed by atoms with Crippen LogP contribution < -0.4 is 5.32 Å². The van der Waals surface area contributed by atoms with Gasteiger partial charge in [0.2, 0.25) is 0 Å². The lowest BCUT2D eigenvalue weighted by atomic mass is 9.87. The van der Waals surface area contributed by atoms with Gasteiger partial charge in [0.05, 0.1) is 6.42 Å². The van der Waals surface area contributed by atoms with E-state index >= 15 is 0 Å². The molecule has 41 heavy (non-hydrogen) atoms. The predicted octanol–water partition coefficient (Wildman–Crippen LogP) is 6.53. The number of amides is 1. The zero-order valence-corrected chi connectivity index (χ0v) is 22.6. The van der Waals surface area contributed by atoms with E-state index in [9.17, 15) is 32.3 Å². The molecule has 212 valence electrons. The van der Waals surface area contributed by atoms with E-state index in [1.807, 2.05) is 12.1 Å². The predicted molar refractivity (Wildman–Crippen MR) is 149 cm³/mol. The van der Waals surface area contributed by atoms with Gasteiger partial charge in [-0.05, 0) is 84.5 Å². The SMILES string of the molecule is O=C(O)CCNC(=O)c1ccc(C(=O)/C(=C\C(=O)c2cccc(SC(F)(F)F)c2)c2ccc3c(c2)CCCC3)cc1. The smallest absolute Gasteiger partial charge is 0.446 e. The number of alkyl halides is 3. The highest BCUT2D eigenvalue weighted by Crippen LogP contribution is 2.37. The van der Waals surface area contributed by atoms with E-state index in [0.29, 0.717) is 5.56 Å². The monoisotopic (exact) mass is 581 g/mol. The summed E-state index contributed by atoms with van der Waals surface area (Å²) in [5, 5.41) is 11.2. The maximum Gasteiger partial charge on any atom is 0.446 e. The fourth-order valence-corrected chi connectivity index (χ4v) is 5.16. The number of allylic oxidation sites excluding steroid dienone is 2. The molecule has 2 N–H and O–H groups in total. The quantitative estimate of drug-likeness (QED) is 0.160.